The van der Waals surface area contributed by atoms with E-state index in [4.69, 9.17) is 10.5 Å². The lowest BCUT2D eigenvalue weighted by Gasteiger charge is -2.28. The summed E-state index contributed by atoms with van der Waals surface area (Å²) in [5.41, 5.74) is 6.56. The van der Waals surface area contributed by atoms with Gasteiger partial charge in [-0.15, -0.1) is 0 Å². The maximum Gasteiger partial charge on any atom is 0.218 e. The second-order valence-electron chi connectivity index (χ2n) is 3.99. The summed E-state index contributed by atoms with van der Waals surface area (Å²) in [6.45, 7) is 3.35. The second-order valence-corrected chi connectivity index (χ2v) is 6.35. The molecule has 0 saturated carbocycles. The molecule has 1 aliphatic rings. The zero-order valence-corrected chi connectivity index (χ0v) is 10.7. The zero-order chi connectivity index (χ0) is 12.2. The summed E-state index contributed by atoms with van der Waals surface area (Å²) in [6, 6.07) is 0. The standard InChI is InChI=1S/C10H20N2O3S/c1-9(7-11)16(13,14)12-5-3-10(4-6-12)8-15-2/h3,9H,4-8,11H2,1-2H3. The number of ether oxygens (including phenoxy) is 1. The van der Waals surface area contributed by atoms with Gasteiger partial charge in [0.05, 0.1) is 11.9 Å². The van der Waals surface area contributed by atoms with Gasteiger partial charge in [0, 0.05) is 26.7 Å². The number of nitrogens with two attached hydrogens (primary N) is 1. The summed E-state index contributed by atoms with van der Waals surface area (Å²) in [4.78, 5) is 0. The van der Waals surface area contributed by atoms with Gasteiger partial charge in [-0.05, 0) is 18.9 Å². The molecule has 1 rings (SSSR count). The number of hydrogen-bond donors (Lipinski definition) is 1. The van der Waals surface area contributed by atoms with E-state index in [9.17, 15) is 8.42 Å². The van der Waals surface area contributed by atoms with Crippen LogP contribution >= 0.6 is 0 Å². The Morgan fingerprint density at radius 2 is 2.31 bits per heavy atom. The largest absolute Gasteiger partial charge is 0.380 e. The molecule has 0 fully saturated rings. The first kappa shape index (κ1) is 13.6. The van der Waals surface area contributed by atoms with Crippen molar-refractivity contribution in [2.24, 2.45) is 5.73 Å². The van der Waals surface area contributed by atoms with Gasteiger partial charge in [-0.25, -0.2) is 8.42 Å². The van der Waals surface area contributed by atoms with E-state index >= 15 is 0 Å². The number of hydrogen-bond acceptors (Lipinski definition) is 4. The van der Waals surface area contributed by atoms with Crippen LogP contribution in [-0.4, -0.2) is 51.3 Å². The van der Waals surface area contributed by atoms with Crippen LogP contribution in [0.1, 0.15) is 13.3 Å². The van der Waals surface area contributed by atoms with Gasteiger partial charge in [-0.3, -0.25) is 0 Å². The van der Waals surface area contributed by atoms with E-state index in [1.165, 1.54) is 4.31 Å². The average Bonchev–Trinajstić information content (AvgIpc) is 2.29. The number of methoxy groups -OCH3 is 1. The minimum absolute atomic E-state index is 0.160. The predicted octanol–water partition coefficient (Wildman–Crippen LogP) is -0.0581. The molecule has 0 radical (unpaired) electrons. The lowest BCUT2D eigenvalue weighted by Crippen LogP contribution is -2.42. The van der Waals surface area contributed by atoms with E-state index in [2.05, 4.69) is 0 Å². The third-order valence-electron chi connectivity index (χ3n) is 2.80. The molecule has 0 amide bonds. The normalized spacial score (nSPS) is 20.6. The third kappa shape index (κ3) is 3.04. The van der Waals surface area contributed by atoms with Crippen LogP contribution in [0.4, 0.5) is 0 Å². The van der Waals surface area contributed by atoms with Crippen LogP contribution in [0.3, 0.4) is 0 Å². The molecule has 0 aromatic heterocycles. The molecule has 5 nitrogen and oxygen atoms in total. The zero-order valence-electron chi connectivity index (χ0n) is 9.85. The third-order valence-corrected chi connectivity index (χ3v) is 5.06. The van der Waals surface area contributed by atoms with Crippen LogP contribution in [0.25, 0.3) is 0 Å². The fourth-order valence-electron chi connectivity index (χ4n) is 1.62. The summed E-state index contributed by atoms with van der Waals surface area (Å²) in [5.74, 6) is 0. The first-order valence-corrected chi connectivity index (χ1v) is 6.88. The van der Waals surface area contributed by atoms with E-state index in [0.29, 0.717) is 19.7 Å². The molecule has 2 N–H and O–H groups in total. The van der Waals surface area contributed by atoms with Crippen molar-refractivity contribution in [2.45, 2.75) is 18.6 Å². The average molecular weight is 248 g/mol. The van der Waals surface area contributed by atoms with Crippen LogP contribution in [-0.2, 0) is 14.8 Å². The molecule has 1 unspecified atom stereocenters. The molecule has 16 heavy (non-hydrogen) atoms. The summed E-state index contributed by atoms with van der Waals surface area (Å²) >= 11 is 0. The quantitative estimate of drug-likeness (QED) is 0.692. The molecule has 0 aliphatic carbocycles. The first-order chi connectivity index (χ1) is 7.52. The van der Waals surface area contributed by atoms with Crippen LogP contribution in [0, 0.1) is 0 Å². The Bertz CT molecular complexity index is 351. The molecule has 1 atom stereocenters. The fourth-order valence-corrected chi connectivity index (χ4v) is 3.00. The molecule has 6 heteroatoms. The lowest BCUT2D eigenvalue weighted by molar-refractivity contribution is 0.219. The highest BCUT2D eigenvalue weighted by Gasteiger charge is 2.28. The fraction of sp³-hybridized carbons (Fsp3) is 0.800. The summed E-state index contributed by atoms with van der Waals surface area (Å²) in [5, 5.41) is -0.509. The highest BCUT2D eigenvalue weighted by Crippen LogP contribution is 2.16. The Hall–Kier alpha value is -0.430. The maximum absolute atomic E-state index is 12.0. The van der Waals surface area contributed by atoms with Crippen molar-refractivity contribution < 1.29 is 13.2 Å². The van der Waals surface area contributed by atoms with Crippen molar-refractivity contribution in [3.05, 3.63) is 11.6 Å². The lowest BCUT2D eigenvalue weighted by atomic mass is 10.1. The van der Waals surface area contributed by atoms with Gasteiger partial charge < -0.3 is 10.5 Å². The van der Waals surface area contributed by atoms with Crippen LogP contribution in [0.2, 0.25) is 0 Å². The van der Waals surface area contributed by atoms with E-state index in [1.54, 1.807) is 14.0 Å². The smallest absolute Gasteiger partial charge is 0.218 e. The van der Waals surface area contributed by atoms with E-state index in [1.807, 2.05) is 6.08 Å². The summed E-state index contributed by atoms with van der Waals surface area (Å²) in [7, 11) is -1.59. The van der Waals surface area contributed by atoms with Crippen LogP contribution < -0.4 is 5.73 Å². The topological polar surface area (TPSA) is 72.6 Å². The van der Waals surface area contributed by atoms with Crippen LogP contribution in [0.15, 0.2) is 11.6 Å². The van der Waals surface area contributed by atoms with E-state index in [0.717, 1.165) is 12.0 Å². The number of rotatable bonds is 5. The molecular weight excluding hydrogens is 228 g/mol. The van der Waals surface area contributed by atoms with Gasteiger partial charge in [-0.2, -0.15) is 4.31 Å². The molecule has 0 spiro atoms. The second kappa shape index (κ2) is 5.77. The van der Waals surface area contributed by atoms with Crippen LogP contribution in [0.5, 0.6) is 0 Å². The molecular formula is C10H20N2O3S. The Kier molecular flexibility index (Phi) is 4.91. The minimum atomic E-state index is -3.23. The van der Waals surface area contributed by atoms with Crippen molar-refractivity contribution in [1.82, 2.24) is 4.31 Å². The molecule has 0 bridgehead atoms. The molecule has 1 aliphatic heterocycles. The van der Waals surface area contributed by atoms with E-state index in [-0.39, 0.29) is 6.54 Å². The van der Waals surface area contributed by atoms with Crippen molar-refractivity contribution in [3.8, 4) is 0 Å². The number of nitrogens with zero attached hydrogens (tertiary/aromatic N) is 1. The highest BCUT2D eigenvalue weighted by atomic mass is 32.2. The monoisotopic (exact) mass is 248 g/mol. The number of sulfonamides is 1. The van der Waals surface area contributed by atoms with Gasteiger partial charge in [-0.1, -0.05) is 6.08 Å². The molecule has 1 heterocycles. The maximum atomic E-state index is 12.0. The Morgan fingerprint density at radius 3 is 2.75 bits per heavy atom. The molecule has 94 valence electrons. The van der Waals surface area contributed by atoms with Crippen molar-refractivity contribution in [3.63, 3.8) is 0 Å². The SMILES string of the molecule is COCC1=CCN(S(=O)(=O)C(C)CN)CC1. The Labute approximate surface area is 97.3 Å². The van der Waals surface area contributed by atoms with Crippen molar-refractivity contribution in [1.29, 1.82) is 0 Å². The predicted molar refractivity (Wildman–Crippen MR) is 63.6 cm³/mol. The summed E-state index contributed by atoms with van der Waals surface area (Å²) < 4.78 is 30.4. The molecule has 0 saturated heterocycles. The van der Waals surface area contributed by atoms with E-state index < -0.39 is 15.3 Å². The Balaban J connectivity index is 2.66. The first-order valence-electron chi connectivity index (χ1n) is 5.38. The minimum Gasteiger partial charge on any atom is -0.380 e. The van der Waals surface area contributed by atoms with Gasteiger partial charge >= 0.3 is 0 Å². The summed E-state index contributed by atoms with van der Waals surface area (Å²) in [6.07, 6.45) is 2.66. The van der Waals surface area contributed by atoms with Gasteiger partial charge in [0.1, 0.15) is 0 Å². The molecule has 0 aromatic carbocycles. The van der Waals surface area contributed by atoms with Gasteiger partial charge in [0.25, 0.3) is 0 Å². The van der Waals surface area contributed by atoms with Crippen molar-refractivity contribution in [2.75, 3.05) is 33.4 Å². The highest BCUT2D eigenvalue weighted by molar-refractivity contribution is 7.89. The Morgan fingerprint density at radius 1 is 1.62 bits per heavy atom. The van der Waals surface area contributed by atoms with Gasteiger partial charge in [0.15, 0.2) is 0 Å². The van der Waals surface area contributed by atoms with Crippen molar-refractivity contribution >= 4 is 10.0 Å². The molecule has 0 aromatic rings. The van der Waals surface area contributed by atoms with Gasteiger partial charge in [0.2, 0.25) is 10.0 Å².